The van der Waals surface area contributed by atoms with Gasteiger partial charge in [0.2, 0.25) is 10.8 Å². The molecule has 0 aliphatic heterocycles. The highest BCUT2D eigenvalue weighted by Crippen LogP contribution is 2.31. The lowest BCUT2D eigenvalue weighted by molar-refractivity contribution is 0.515. The Morgan fingerprint density at radius 3 is 2.60 bits per heavy atom. The molecule has 4 rings (SSSR count). The normalized spacial score (nSPS) is 11.1. The Balaban J connectivity index is 1.91. The molecule has 152 valence electrons. The van der Waals surface area contributed by atoms with E-state index in [1.807, 2.05) is 6.07 Å². The van der Waals surface area contributed by atoms with Gasteiger partial charge in [0, 0.05) is 33.9 Å². The molecule has 0 amide bonds. The third-order valence-corrected chi connectivity index (χ3v) is 4.94. The zero-order valence-corrected chi connectivity index (χ0v) is 17.1. The fraction of sp³-hybridized carbons (Fsp3) is 0.0952. The van der Waals surface area contributed by atoms with Crippen molar-refractivity contribution in [1.82, 2.24) is 15.0 Å². The van der Waals surface area contributed by atoms with E-state index in [1.54, 1.807) is 36.1 Å². The maximum absolute atomic E-state index is 14.3. The number of hydrogen-bond acceptors (Lipinski definition) is 4. The minimum absolute atomic E-state index is 0.0564. The molecule has 4 aromatic rings. The Bertz CT molecular complexity index is 1310. The second-order valence-electron chi connectivity index (χ2n) is 6.65. The van der Waals surface area contributed by atoms with Crippen LogP contribution in [0, 0.1) is 18.6 Å². The Kier molecular flexibility index (Phi) is 5.40. The summed E-state index contributed by atoms with van der Waals surface area (Å²) < 4.78 is 28.0. The van der Waals surface area contributed by atoms with Crippen LogP contribution in [0.25, 0.3) is 10.9 Å². The largest absolute Gasteiger partial charge is 0.322 e. The van der Waals surface area contributed by atoms with Crippen molar-refractivity contribution in [2.75, 3.05) is 4.90 Å². The molecule has 5 nitrogen and oxygen atoms in total. The van der Waals surface area contributed by atoms with Crippen molar-refractivity contribution in [2.45, 2.75) is 13.5 Å². The Hall–Kier alpha value is -3.03. The van der Waals surface area contributed by atoms with Crippen LogP contribution in [0.4, 0.5) is 20.3 Å². The van der Waals surface area contributed by atoms with Crippen molar-refractivity contribution in [3.63, 3.8) is 0 Å². The van der Waals surface area contributed by atoms with E-state index in [9.17, 15) is 13.6 Å². The summed E-state index contributed by atoms with van der Waals surface area (Å²) in [6.45, 7) is 1.90. The van der Waals surface area contributed by atoms with Crippen molar-refractivity contribution < 1.29 is 8.78 Å². The summed E-state index contributed by atoms with van der Waals surface area (Å²) in [4.78, 5) is 24.6. The standard InChI is InChI=1S/C21H14Cl2F2N4O/c1-11-7-17(27-21(23)26-11)29(14-4-2-3-13(22)9-14)10-12-8-18(30)28-20-15(12)5-6-16(24)19(20)25/h2-9H,10H2,1H3,(H,28,30). The lowest BCUT2D eigenvalue weighted by Crippen LogP contribution is -2.20. The number of rotatable bonds is 4. The maximum Gasteiger partial charge on any atom is 0.248 e. The first-order valence-corrected chi connectivity index (χ1v) is 9.61. The van der Waals surface area contributed by atoms with Crippen LogP contribution in [0.15, 0.2) is 53.3 Å². The fourth-order valence-electron chi connectivity index (χ4n) is 3.24. The summed E-state index contributed by atoms with van der Waals surface area (Å²) in [5.41, 5.74) is 1.04. The molecule has 1 N–H and O–H groups in total. The molecule has 2 aromatic carbocycles. The van der Waals surface area contributed by atoms with Crippen LogP contribution in [0.2, 0.25) is 10.3 Å². The summed E-state index contributed by atoms with van der Waals surface area (Å²) in [5.74, 6) is -1.69. The molecule has 0 saturated carbocycles. The van der Waals surface area contributed by atoms with Crippen LogP contribution in [0.3, 0.4) is 0 Å². The molecule has 0 aliphatic carbocycles. The Labute approximate surface area is 179 Å². The van der Waals surface area contributed by atoms with E-state index >= 15 is 0 Å². The first-order valence-electron chi connectivity index (χ1n) is 8.86. The van der Waals surface area contributed by atoms with E-state index < -0.39 is 17.2 Å². The average Bonchev–Trinajstić information content (AvgIpc) is 2.68. The molecule has 0 atom stereocenters. The van der Waals surface area contributed by atoms with Gasteiger partial charge in [-0.05, 0) is 54.4 Å². The number of halogens is 4. The molecule has 0 fully saturated rings. The highest BCUT2D eigenvalue weighted by molar-refractivity contribution is 6.30. The number of fused-ring (bicyclic) bond motifs is 1. The van der Waals surface area contributed by atoms with Crippen LogP contribution in [0.5, 0.6) is 0 Å². The fourth-order valence-corrected chi connectivity index (χ4v) is 3.64. The molecular weight excluding hydrogens is 433 g/mol. The zero-order chi connectivity index (χ0) is 21.4. The summed E-state index contributed by atoms with van der Waals surface area (Å²) in [6.07, 6.45) is 0. The van der Waals surface area contributed by atoms with Crippen LogP contribution in [0.1, 0.15) is 11.3 Å². The van der Waals surface area contributed by atoms with E-state index in [0.29, 0.717) is 33.2 Å². The van der Waals surface area contributed by atoms with Crippen LogP contribution in [-0.4, -0.2) is 15.0 Å². The highest BCUT2D eigenvalue weighted by atomic mass is 35.5. The van der Waals surface area contributed by atoms with Crippen molar-refractivity contribution >= 4 is 45.6 Å². The van der Waals surface area contributed by atoms with E-state index in [0.717, 1.165) is 6.07 Å². The Morgan fingerprint density at radius 2 is 1.87 bits per heavy atom. The van der Waals surface area contributed by atoms with Gasteiger partial charge in [-0.15, -0.1) is 0 Å². The zero-order valence-electron chi connectivity index (χ0n) is 15.6. The van der Waals surface area contributed by atoms with Crippen LogP contribution >= 0.6 is 23.2 Å². The third kappa shape index (κ3) is 3.99. The minimum Gasteiger partial charge on any atom is -0.322 e. The molecule has 2 heterocycles. The van der Waals surface area contributed by atoms with Gasteiger partial charge >= 0.3 is 0 Å². The van der Waals surface area contributed by atoms with E-state index in [1.165, 1.54) is 12.1 Å². The summed E-state index contributed by atoms with van der Waals surface area (Å²) in [7, 11) is 0. The van der Waals surface area contributed by atoms with Gasteiger partial charge in [-0.25, -0.2) is 18.7 Å². The molecule has 0 radical (unpaired) electrons. The lowest BCUT2D eigenvalue weighted by atomic mass is 10.1. The van der Waals surface area contributed by atoms with Gasteiger partial charge in [-0.3, -0.25) is 4.79 Å². The maximum atomic E-state index is 14.3. The molecular formula is C21H14Cl2F2N4O. The third-order valence-electron chi connectivity index (χ3n) is 4.53. The molecule has 0 aliphatic rings. The lowest BCUT2D eigenvalue weighted by Gasteiger charge is -2.25. The number of nitrogens with zero attached hydrogens (tertiary/aromatic N) is 3. The Morgan fingerprint density at radius 1 is 1.07 bits per heavy atom. The molecule has 2 aromatic heterocycles. The van der Waals surface area contributed by atoms with Crippen molar-refractivity contribution in [2.24, 2.45) is 0 Å². The number of anilines is 2. The number of aryl methyl sites for hydroxylation is 1. The average molecular weight is 447 g/mol. The van der Waals surface area contributed by atoms with Gasteiger partial charge in [0.25, 0.3) is 0 Å². The number of pyridine rings is 1. The first-order chi connectivity index (χ1) is 14.3. The van der Waals surface area contributed by atoms with Gasteiger partial charge < -0.3 is 9.88 Å². The number of hydrogen-bond donors (Lipinski definition) is 1. The quantitative estimate of drug-likeness (QED) is 0.417. The predicted molar refractivity (Wildman–Crippen MR) is 114 cm³/mol. The van der Waals surface area contributed by atoms with E-state index in [2.05, 4.69) is 15.0 Å². The van der Waals surface area contributed by atoms with Crippen molar-refractivity contribution in [3.05, 3.63) is 92.1 Å². The number of aromatic amines is 1. The van der Waals surface area contributed by atoms with Crippen LogP contribution in [-0.2, 0) is 6.54 Å². The van der Waals surface area contributed by atoms with Gasteiger partial charge in [-0.1, -0.05) is 17.7 Å². The van der Waals surface area contributed by atoms with Gasteiger partial charge in [0.1, 0.15) is 5.82 Å². The van der Waals surface area contributed by atoms with Gasteiger partial charge in [0.15, 0.2) is 11.6 Å². The second kappa shape index (κ2) is 8.01. The minimum atomic E-state index is -1.11. The predicted octanol–water partition coefficient (Wildman–Crippen LogP) is 5.55. The molecule has 0 unspecified atom stereocenters. The smallest absolute Gasteiger partial charge is 0.248 e. The number of aromatic nitrogens is 3. The van der Waals surface area contributed by atoms with E-state index in [-0.39, 0.29) is 17.3 Å². The SMILES string of the molecule is Cc1cc(N(Cc2cc(=O)[nH]c3c(F)c(F)ccc23)c2cccc(Cl)c2)nc(Cl)n1. The van der Waals surface area contributed by atoms with E-state index in [4.69, 9.17) is 23.2 Å². The topological polar surface area (TPSA) is 61.9 Å². The van der Waals surface area contributed by atoms with Crippen LogP contribution < -0.4 is 10.5 Å². The van der Waals surface area contributed by atoms with Crippen molar-refractivity contribution in [3.8, 4) is 0 Å². The van der Waals surface area contributed by atoms with Crippen molar-refractivity contribution in [1.29, 1.82) is 0 Å². The first kappa shape index (κ1) is 20.3. The molecule has 0 bridgehead atoms. The number of nitrogens with one attached hydrogen (secondary N) is 1. The monoisotopic (exact) mass is 446 g/mol. The summed E-state index contributed by atoms with van der Waals surface area (Å²) in [6, 6.07) is 12.5. The molecule has 30 heavy (non-hydrogen) atoms. The molecule has 9 heteroatoms. The number of H-pyrrole nitrogens is 1. The van der Waals surface area contributed by atoms with Gasteiger partial charge in [-0.2, -0.15) is 0 Å². The summed E-state index contributed by atoms with van der Waals surface area (Å²) >= 11 is 12.2. The second-order valence-corrected chi connectivity index (χ2v) is 7.42. The highest BCUT2D eigenvalue weighted by Gasteiger charge is 2.18. The summed E-state index contributed by atoms with van der Waals surface area (Å²) in [5, 5.41) is 0.927. The molecule has 0 spiro atoms. The molecule has 0 saturated heterocycles. The van der Waals surface area contributed by atoms with Gasteiger partial charge in [0.05, 0.1) is 12.1 Å². The number of benzene rings is 2.